The molecule has 1 aromatic heterocycles. The van der Waals surface area contributed by atoms with Gasteiger partial charge < -0.3 is 32.0 Å². The average molecular weight is 573 g/mol. The number of hydrogen-bond donors (Lipinski definition) is 5. The van der Waals surface area contributed by atoms with Gasteiger partial charge in [-0.3, -0.25) is 9.98 Å². The van der Waals surface area contributed by atoms with Crippen molar-refractivity contribution in [2.45, 2.75) is 59.8 Å². The highest BCUT2D eigenvalue weighted by Gasteiger charge is 2.33. The van der Waals surface area contributed by atoms with E-state index in [1.165, 1.54) is 31.9 Å². The maximum atomic E-state index is 8.01. The van der Waals surface area contributed by atoms with Crippen molar-refractivity contribution >= 4 is 23.3 Å². The van der Waals surface area contributed by atoms with E-state index in [-0.39, 0.29) is 5.92 Å². The Labute approximate surface area is 253 Å². The fourth-order valence-corrected chi connectivity index (χ4v) is 5.24. The summed E-state index contributed by atoms with van der Waals surface area (Å²) in [7, 11) is 4.06. The van der Waals surface area contributed by atoms with E-state index in [0.717, 1.165) is 59.1 Å². The van der Waals surface area contributed by atoms with Crippen molar-refractivity contribution in [3.05, 3.63) is 77.4 Å². The summed E-state index contributed by atoms with van der Waals surface area (Å²) in [5.74, 6) is 0.187. The van der Waals surface area contributed by atoms with Gasteiger partial charge in [-0.1, -0.05) is 46.3 Å². The van der Waals surface area contributed by atoms with Gasteiger partial charge in [-0.2, -0.15) is 0 Å². The molecule has 8 nitrogen and oxygen atoms in total. The average Bonchev–Trinajstić information content (AvgIpc) is 2.98. The molecule has 2 unspecified atom stereocenters. The predicted molar refractivity (Wildman–Crippen MR) is 180 cm³/mol. The Morgan fingerprint density at radius 2 is 2.02 bits per heavy atom. The molecule has 0 saturated carbocycles. The van der Waals surface area contributed by atoms with Crippen LogP contribution in [0.4, 0.5) is 5.69 Å². The van der Waals surface area contributed by atoms with Gasteiger partial charge in [0.1, 0.15) is 0 Å². The van der Waals surface area contributed by atoms with Crippen LogP contribution in [0.3, 0.4) is 0 Å². The number of unbranched alkanes of at least 4 members (excludes halogenated alkanes) is 3. The molecule has 0 aliphatic carbocycles. The van der Waals surface area contributed by atoms with Crippen molar-refractivity contribution in [3.63, 3.8) is 0 Å². The molecular formula is C34H52N8. The molecule has 0 spiro atoms. The number of hydrogen-bond acceptors (Lipinski definition) is 8. The van der Waals surface area contributed by atoms with Crippen LogP contribution >= 0.6 is 0 Å². The largest absolute Gasteiger partial charge is 0.404 e. The molecule has 0 amide bonds. The van der Waals surface area contributed by atoms with E-state index in [9.17, 15) is 0 Å². The summed E-state index contributed by atoms with van der Waals surface area (Å²) >= 11 is 0. The molecule has 8 heteroatoms. The lowest BCUT2D eigenvalue weighted by Gasteiger charge is -2.34. The molecule has 42 heavy (non-hydrogen) atoms. The molecule has 0 saturated heterocycles. The fraction of sp³-hybridized carbons (Fsp3) is 0.500. The van der Waals surface area contributed by atoms with Gasteiger partial charge in [0.05, 0.1) is 28.5 Å². The van der Waals surface area contributed by atoms with Crippen molar-refractivity contribution in [1.29, 1.82) is 5.41 Å². The molecule has 2 heterocycles. The molecule has 0 bridgehead atoms. The Hall–Kier alpha value is -3.67. The van der Waals surface area contributed by atoms with Gasteiger partial charge in [0.15, 0.2) is 0 Å². The fourth-order valence-electron chi connectivity index (χ4n) is 5.24. The first kappa shape index (κ1) is 34.5. The predicted octanol–water partition coefficient (Wildman–Crippen LogP) is 5.78. The summed E-state index contributed by atoms with van der Waals surface area (Å²) in [5, 5.41) is 18.1. The number of nitrogens with one attached hydrogen (secondary N) is 4. The maximum Gasteiger partial charge on any atom is 0.0919 e. The first-order valence-electron chi connectivity index (χ1n) is 15.0. The van der Waals surface area contributed by atoms with Crippen molar-refractivity contribution in [3.8, 4) is 0 Å². The van der Waals surface area contributed by atoms with Gasteiger partial charge in [0.25, 0.3) is 0 Å². The lowest BCUT2D eigenvalue weighted by molar-refractivity contribution is 0.328. The Kier molecular flexibility index (Phi) is 14.2. The van der Waals surface area contributed by atoms with Crippen molar-refractivity contribution in [1.82, 2.24) is 20.5 Å². The number of nitrogens with two attached hydrogens (primary N) is 1. The lowest BCUT2D eigenvalue weighted by Crippen LogP contribution is -2.36. The van der Waals surface area contributed by atoms with E-state index in [4.69, 9.17) is 16.1 Å². The molecule has 1 aliphatic rings. The van der Waals surface area contributed by atoms with E-state index in [2.05, 4.69) is 78.3 Å². The second-order valence-electron chi connectivity index (χ2n) is 11.3. The molecule has 2 atom stereocenters. The zero-order chi connectivity index (χ0) is 31.1. The number of nitrogens with zero attached hydrogens (tertiary/aromatic N) is 3. The number of likely N-dealkylation sites (N-methyl/N-ethyl adjacent to an activating group) is 1. The number of rotatable bonds is 18. The minimum atomic E-state index is -0.400. The minimum absolute atomic E-state index is 0.187. The molecule has 0 radical (unpaired) electrons. The Bertz CT molecular complexity index is 1260. The summed E-state index contributed by atoms with van der Waals surface area (Å²) in [6.07, 6.45) is 12.5. The molecule has 1 aliphatic heterocycles. The van der Waals surface area contributed by atoms with Crippen LogP contribution in [-0.2, 0) is 0 Å². The molecule has 1 aromatic rings. The van der Waals surface area contributed by atoms with Gasteiger partial charge in [0, 0.05) is 61.0 Å². The molecule has 6 N–H and O–H groups in total. The third-order valence-electron chi connectivity index (χ3n) is 7.84. The van der Waals surface area contributed by atoms with E-state index < -0.39 is 5.41 Å². The first-order chi connectivity index (χ1) is 20.2. The smallest absolute Gasteiger partial charge is 0.0919 e. The van der Waals surface area contributed by atoms with E-state index in [0.29, 0.717) is 18.7 Å². The number of aliphatic imine (C=N–C) groups is 1. The molecule has 0 fully saturated rings. The number of anilines is 1. The van der Waals surface area contributed by atoms with E-state index >= 15 is 0 Å². The van der Waals surface area contributed by atoms with Crippen LogP contribution in [-0.4, -0.2) is 62.1 Å². The second-order valence-corrected chi connectivity index (χ2v) is 11.3. The van der Waals surface area contributed by atoms with Crippen molar-refractivity contribution in [2.24, 2.45) is 22.1 Å². The van der Waals surface area contributed by atoms with Crippen LogP contribution in [0.5, 0.6) is 0 Å². The Morgan fingerprint density at radius 3 is 2.62 bits per heavy atom. The minimum Gasteiger partial charge on any atom is -0.404 e. The third kappa shape index (κ3) is 9.43. The first-order valence-corrected chi connectivity index (χ1v) is 15.0. The summed E-state index contributed by atoms with van der Waals surface area (Å²) in [6, 6.07) is 2.03. The second kappa shape index (κ2) is 17.3. The highest BCUT2D eigenvalue weighted by atomic mass is 15.1. The quantitative estimate of drug-likeness (QED) is 0.0659. The summed E-state index contributed by atoms with van der Waals surface area (Å²) < 4.78 is 0. The van der Waals surface area contributed by atoms with Crippen LogP contribution in [0.1, 0.15) is 64.1 Å². The monoisotopic (exact) mass is 572 g/mol. The van der Waals surface area contributed by atoms with Crippen LogP contribution in [0, 0.1) is 23.7 Å². The number of aromatic nitrogens is 1. The zero-order valence-corrected chi connectivity index (χ0v) is 26.7. The summed E-state index contributed by atoms with van der Waals surface area (Å²) in [6.45, 7) is 19.7. The maximum absolute atomic E-state index is 8.01. The number of aryl methyl sites for hydroxylation is 1. The molecule has 2 rings (SSSR count). The van der Waals surface area contributed by atoms with Crippen LogP contribution in [0.25, 0.3) is 5.70 Å². The Balaban J connectivity index is 2.19. The van der Waals surface area contributed by atoms with E-state index in [1.54, 1.807) is 6.20 Å². The summed E-state index contributed by atoms with van der Waals surface area (Å²) in [5.41, 5.74) is 18.5. The zero-order valence-electron chi connectivity index (χ0n) is 26.7. The highest BCUT2D eigenvalue weighted by Crippen LogP contribution is 2.36. The SMILES string of the molecule is C=C=C(Nc1cc(C(=C=C)NCCN(C)CCCCCC)cnc1C)/C(=C/N)C1=NC=C(C(C)(C=N)CNC)C(C)C1. The summed E-state index contributed by atoms with van der Waals surface area (Å²) in [4.78, 5) is 11.8. The number of pyridine rings is 1. The van der Waals surface area contributed by atoms with Gasteiger partial charge >= 0.3 is 0 Å². The van der Waals surface area contributed by atoms with Crippen molar-refractivity contribution in [2.75, 3.05) is 45.6 Å². The van der Waals surface area contributed by atoms with Gasteiger partial charge in [0.2, 0.25) is 0 Å². The normalized spacial score (nSPS) is 16.5. The molecule has 228 valence electrons. The topological polar surface area (TPSA) is 114 Å². The Morgan fingerprint density at radius 1 is 1.26 bits per heavy atom. The van der Waals surface area contributed by atoms with Gasteiger partial charge in [-0.15, -0.1) is 11.5 Å². The number of allylic oxidation sites excluding steroid dienone is 1. The molecular weight excluding hydrogens is 520 g/mol. The van der Waals surface area contributed by atoms with Crippen LogP contribution in [0.2, 0.25) is 0 Å². The standard InChI is InChI=1S/C34H52N8/c1-9-12-13-14-16-42(8)17-15-38-30(10-2)27-19-32(26(5)39-21-27)41-31(11-3)28(20-35)33-18-25(4)29(22-40-33)34(6,23-36)24-37-7/h19-23,25,36-38,41H,2-3,9,12-18,24,35H2,1,4-8H3/b28-20-,36-23?. The van der Waals surface area contributed by atoms with Gasteiger partial charge in [-0.05, 0) is 64.9 Å². The van der Waals surface area contributed by atoms with Gasteiger partial charge in [-0.25, -0.2) is 0 Å². The van der Waals surface area contributed by atoms with E-state index in [1.807, 2.05) is 32.4 Å². The van der Waals surface area contributed by atoms with Crippen LogP contribution < -0.4 is 21.7 Å². The van der Waals surface area contributed by atoms with Crippen LogP contribution in [0.15, 0.2) is 71.1 Å². The molecule has 0 aromatic carbocycles. The highest BCUT2D eigenvalue weighted by molar-refractivity contribution is 6.05. The third-order valence-corrected chi connectivity index (χ3v) is 7.84. The van der Waals surface area contributed by atoms with Crippen molar-refractivity contribution < 1.29 is 0 Å². The lowest BCUT2D eigenvalue weighted by atomic mass is 9.74.